The standard InChI is InChI=1S/C29H32F2O9/c1-3-12-36-22-9-6-19(16-23(22)37-13-4-2)11-14-38-29-27(35)26(34)28(24(17-32)39-29)40-25(33)10-7-18-5-8-20(30)21(31)15-18/h3-10,15-16,24,26-29,32,34-35H,1-2,11-14,17H2/b10-7+/t24-,26-,27-,28-,29-/m0/s1. The molecule has 2 aromatic rings. The molecule has 216 valence electrons. The van der Waals surface area contributed by atoms with Crippen molar-refractivity contribution in [2.45, 2.75) is 37.1 Å². The third-order valence-electron chi connectivity index (χ3n) is 5.82. The Morgan fingerprint density at radius 1 is 0.975 bits per heavy atom. The molecular formula is C29H32F2O9. The van der Waals surface area contributed by atoms with Crippen molar-refractivity contribution in [3.05, 3.63) is 90.5 Å². The highest BCUT2D eigenvalue weighted by atomic mass is 19.2. The molecule has 2 aromatic carbocycles. The van der Waals surface area contributed by atoms with Crippen LogP contribution in [0.25, 0.3) is 6.08 Å². The fraction of sp³-hybridized carbons (Fsp3) is 0.345. The van der Waals surface area contributed by atoms with E-state index in [0.717, 1.165) is 23.8 Å². The van der Waals surface area contributed by atoms with E-state index >= 15 is 0 Å². The Morgan fingerprint density at radius 3 is 2.38 bits per heavy atom. The minimum absolute atomic E-state index is 0.0712. The second-order valence-electron chi connectivity index (χ2n) is 8.72. The molecule has 0 bridgehead atoms. The van der Waals surface area contributed by atoms with E-state index in [1.807, 2.05) is 6.07 Å². The van der Waals surface area contributed by atoms with Crippen molar-refractivity contribution in [1.29, 1.82) is 0 Å². The summed E-state index contributed by atoms with van der Waals surface area (Å²) in [4.78, 5) is 12.3. The normalized spacial score (nSPS) is 22.6. The van der Waals surface area contributed by atoms with E-state index in [9.17, 15) is 28.9 Å². The number of halogens is 2. The van der Waals surface area contributed by atoms with Crippen molar-refractivity contribution in [2.75, 3.05) is 26.4 Å². The number of rotatable bonds is 14. The second-order valence-corrected chi connectivity index (χ2v) is 8.72. The first-order chi connectivity index (χ1) is 19.3. The van der Waals surface area contributed by atoms with E-state index in [0.29, 0.717) is 24.5 Å². The number of carbonyl (C=O) groups excluding carboxylic acids is 1. The molecule has 9 nitrogen and oxygen atoms in total. The quantitative estimate of drug-likeness (QED) is 0.181. The van der Waals surface area contributed by atoms with Crippen molar-refractivity contribution < 1.29 is 52.6 Å². The lowest BCUT2D eigenvalue weighted by Crippen LogP contribution is -2.60. The lowest BCUT2D eigenvalue weighted by atomic mass is 9.99. The minimum atomic E-state index is -1.64. The molecule has 5 atom stereocenters. The topological polar surface area (TPSA) is 124 Å². The number of aliphatic hydroxyl groups excluding tert-OH is 3. The van der Waals surface area contributed by atoms with Crippen LogP contribution in [0.3, 0.4) is 0 Å². The van der Waals surface area contributed by atoms with E-state index < -0.39 is 54.9 Å². The van der Waals surface area contributed by atoms with E-state index in [1.165, 1.54) is 12.1 Å². The highest BCUT2D eigenvalue weighted by Crippen LogP contribution is 2.29. The summed E-state index contributed by atoms with van der Waals surface area (Å²) >= 11 is 0. The molecule has 0 aliphatic carbocycles. The number of carbonyl (C=O) groups is 1. The van der Waals surface area contributed by atoms with Crippen LogP contribution in [0.15, 0.2) is 67.8 Å². The molecule has 1 aliphatic heterocycles. The smallest absolute Gasteiger partial charge is 0.331 e. The highest BCUT2D eigenvalue weighted by molar-refractivity contribution is 5.87. The summed E-state index contributed by atoms with van der Waals surface area (Å²) in [5, 5.41) is 30.9. The maximum atomic E-state index is 13.3. The molecule has 1 saturated heterocycles. The molecule has 3 N–H and O–H groups in total. The molecule has 1 heterocycles. The average Bonchev–Trinajstić information content (AvgIpc) is 2.95. The molecule has 1 aliphatic rings. The van der Waals surface area contributed by atoms with Gasteiger partial charge in [-0.15, -0.1) is 0 Å². The number of ether oxygens (including phenoxy) is 5. The van der Waals surface area contributed by atoms with Crippen LogP contribution in [0.5, 0.6) is 11.5 Å². The van der Waals surface area contributed by atoms with Crippen LogP contribution in [0, 0.1) is 11.6 Å². The number of benzene rings is 2. The van der Waals surface area contributed by atoms with Crippen LogP contribution in [-0.2, 0) is 25.4 Å². The molecule has 0 unspecified atom stereocenters. The summed E-state index contributed by atoms with van der Waals surface area (Å²) < 4.78 is 54.0. The van der Waals surface area contributed by atoms with Gasteiger partial charge < -0.3 is 39.0 Å². The van der Waals surface area contributed by atoms with Crippen LogP contribution in [-0.4, -0.2) is 78.4 Å². The summed E-state index contributed by atoms with van der Waals surface area (Å²) in [6.45, 7) is 7.26. The Labute approximate surface area is 230 Å². The van der Waals surface area contributed by atoms with Crippen LogP contribution in [0.1, 0.15) is 11.1 Å². The van der Waals surface area contributed by atoms with Gasteiger partial charge in [0.05, 0.1) is 13.2 Å². The van der Waals surface area contributed by atoms with Crippen LogP contribution in [0.4, 0.5) is 8.78 Å². The maximum Gasteiger partial charge on any atom is 0.331 e. The van der Waals surface area contributed by atoms with Crippen molar-refractivity contribution in [1.82, 2.24) is 0 Å². The summed E-state index contributed by atoms with van der Waals surface area (Å²) in [6.07, 6.45) is -1.47. The molecule has 0 aromatic heterocycles. The lowest BCUT2D eigenvalue weighted by Gasteiger charge is -2.41. The van der Waals surface area contributed by atoms with Gasteiger partial charge in [-0.25, -0.2) is 13.6 Å². The number of hydrogen-bond donors (Lipinski definition) is 3. The molecule has 0 spiro atoms. The van der Waals surface area contributed by atoms with Gasteiger partial charge in [-0.2, -0.15) is 0 Å². The minimum Gasteiger partial charge on any atom is -0.486 e. The largest absolute Gasteiger partial charge is 0.486 e. The number of hydrogen-bond acceptors (Lipinski definition) is 9. The van der Waals surface area contributed by atoms with Gasteiger partial charge in [-0.1, -0.05) is 37.4 Å². The first kappa shape index (κ1) is 30.9. The number of aliphatic hydroxyl groups is 3. The summed E-state index contributed by atoms with van der Waals surface area (Å²) in [5.74, 6) is -2.04. The third kappa shape index (κ3) is 8.44. The van der Waals surface area contributed by atoms with Gasteiger partial charge in [0.15, 0.2) is 35.5 Å². The van der Waals surface area contributed by atoms with Gasteiger partial charge >= 0.3 is 5.97 Å². The van der Waals surface area contributed by atoms with Gasteiger partial charge in [0, 0.05) is 6.08 Å². The molecule has 0 saturated carbocycles. The maximum absolute atomic E-state index is 13.3. The van der Waals surface area contributed by atoms with E-state index in [4.69, 9.17) is 23.7 Å². The molecule has 3 rings (SSSR count). The fourth-order valence-electron chi connectivity index (χ4n) is 3.82. The van der Waals surface area contributed by atoms with Gasteiger partial charge in [0.1, 0.15) is 31.5 Å². The molecule has 0 radical (unpaired) electrons. The van der Waals surface area contributed by atoms with Crippen molar-refractivity contribution in [3.63, 3.8) is 0 Å². The van der Waals surface area contributed by atoms with Crippen molar-refractivity contribution >= 4 is 12.0 Å². The summed E-state index contributed by atoms with van der Waals surface area (Å²) in [6, 6.07) is 8.38. The summed E-state index contributed by atoms with van der Waals surface area (Å²) in [5.41, 5.74) is 1.02. The number of esters is 1. The third-order valence-corrected chi connectivity index (χ3v) is 5.82. The SMILES string of the molecule is C=CCOc1ccc(CCO[C@H]2O[C@@H](CO)[C@H](OC(=O)/C=C/c3ccc(F)c(F)c3)[C@@H](O)[C@@H]2O)cc1OCC=C. The Morgan fingerprint density at radius 2 is 1.70 bits per heavy atom. The Bertz CT molecular complexity index is 1180. The van der Waals surface area contributed by atoms with Crippen molar-refractivity contribution in [3.8, 4) is 11.5 Å². The van der Waals surface area contributed by atoms with Gasteiger partial charge in [-0.3, -0.25) is 0 Å². The molecule has 0 amide bonds. The molecule has 11 heteroatoms. The van der Waals surface area contributed by atoms with Gasteiger partial charge in [0.25, 0.3) is 0 Å². The molecule has 1 fully saturated rings. The van der Waals surface area contributed by atoms with E-state index in [2.05, 4.69) is 13.2 Å². The zero-order valence-electron chi connectivity index (χ0n) is 21.7. The highest BCUT2D eigenvalue weighted by Gasteiger charge is 2.46. The lowest BCUT2D eigenvalue weighted by molar-refractivity contribution is -0.302. The van der Waals surface area contributed by atoms with E-state index in [-0.39, 0.29) is 18.8 Å². The Balaban J connectivity index is 1.57. The van der Waals surface area contributed by atoms with Crippen LogP contribution >= 0.6 is 0 Å². The second kappa shape index (κ2) is 15.2. The average molecular weight is 563 g/mol. The Hall–Kier alpha value is -3.61. The van der Waals surface area contributed by atoms with Gasteiger partial charge in [0.2, 0.25) is 0 Å². The first-order valence-electron chi connectivity index (χ1n) is 12.5. The van der Waals surface area contributed by atoms with Crippen LogP contribution in [0.2, 0.25) is 0 Å². The predicted molar refractivity (Wildman–Crippen MR) is 141 cm³/mol. The predicted octanol–water partition coefficient (Wildman–Crippen LogP) is 2.72. The zero-order chi connectivity index (χ0) is 29.1. The fourth-order valence-corrected chi connectivity index (χ4v) is 3.82. The zero-order valence-corrected chi connectivity index (χ0v) is 21.7. The first-order valence-corrected chi connectivity index (χ1v) is 12.5. The monoisotopic (exact) mass is 562 g/mol. The van der Waals surface area contributed by atoms with E-state index in [1.54, 1.807) is 24.3 Å². The van der Waals surface area contributed by atoms with Gasteiger partial charge in [-0.05, 0) is 47.9 Å². The Kier molecular flexibility index (Phi) is 11.8. The van der Waals surface area contributed by atoms with Crippen molar-refractivity contribution in [2.24, 2.45) is 0 Å². The summed E-state index contributed by atoms with van der Waals surface area (Å²) in [7, 11) is 0. The van der Waals surface area contributed by atoms with Crippen LogP contribution < -0.4 is 9.47 Å². The molecule has 40 heavy (non-hydrogen) atoms. The molecular weight excluding hydrogens is 530 g/mol.